The molecule has 0 saturated heterocycles. The molecule has 24 heavy (non-hydrogen) atoms. The smallest absolute Gasteiger partial charge is 0.350 e. The molecule has 0 aliphatic heterocycles. The van der Waals surface area contributed by atoms with Crippen molar-refractivity contribution in [3.05, 3.63) is 58.1 Å². The van der Waals surface area contributed by atoms with Gasteiger partial charge in [-0.25, -0.2) is 4.79 Å². The minimum Gasteiger partial charge on any atom is -0.494 e. The van der Waals surface area contributed by atoms with Crippen molar-refractivity contribution in [1.82, 2.24) is 0 Å². The normalized spacial score (nSPS) is 9.92. The second-order valence-corrected chi connectivity index (χ2v) is 4.71. The molecule has 1 N–H and O–H groups in total. The van der Waals surface area contributed by atoms with Gasteiger partial charge in [0.15, 0.2) is 0 Å². The number of nitrogens with zero attached hydrogens (tertiary/aromatic N) is 1. The Kier molecular flexibility index (Phi) is 5.10. The number of anilines is 1. The Bertz CT molecular complexity index is 789. The molecule has 1 amide bonds. The van der Waals surface area contributed by atoms with Crippen LogP contribution in [0.2, 0.25) is 0 Å². The van der Waals surface area contributed by atoms with E-state index in [9.17, 15) is 19.7 Å². The molecule has 2 aromatic rings. The van der Waals surface area contributed by atoms with Crippen molar-refractivity contribution >= 4 is 23.3 Å². The summed E-state index contributed by atoms with van der Waals surface area (Å²) in [5, 5.41) is 13.7. The van der Waals surface area contributed by atoms with Crippen molar-refractivity contribution in [3.63, 3.8) is 0 Å². The number of ether oxygens (including phenoxy) is 2. The van der Waals surface area contributed by atoms with E-state index >= 15 is 0 Å². The highest BCUT2D eigenvalue weighted by Gasteiger charge is 2.26. The number of nitro groups is 1. The third-order valence-electron chi connectivity index (χ3n) is 3.00. The van der Waals surface area contributed by atoms with Crippen LogP contribution in [-0.4, -0.2) is 23.9 Å². The van der Waals surface area contributed by atoms with Crippen LogP contribution in [0.15, 0.2) is 42.5 Å². The number of rotatable bonds is 5. The van der Waals surface area contributed by atoms with Crippen molar-refractivity contribution in [1.29, 1.82) is 0 Å². The fourth-order valence-electron chi connectivity index (χ4n) is 1.99. The van der Waals surface area contributed by atoms with E-state index in [0.717, 1.165) is 12.1 Å². The van der Waals surface area contributed by atoms with Gasteiger partial charge in [0.1, 0.15) is 17.1 Å². The predicted octanol–water partition coefficient (Wildman–Crippen LogP) is 2.78. The maximum atomic E-state index is 12.3. The Balaban J connectivity index is 2.47. The summed E-state index contributed by atoms with van der Waals surface area (Å²) < 4.78 is 10.1. The van der Waals surface area contributed by atoms with Gasteiger partial charge in [0.25, 0.3) is 5.69 Å². The summed E-state index contributed by atoms with van der Waals surface area (Å²) in [6, 6.07) is 10.4. The average molecular weight is 330 g/mol. The van der Waals surface area contributed by atoms with Crippen molar-refractivity contribution in [2.75, 3.05) is 12.4 Å². The number of carbonyl (C=O) groups is 2. The highest BCUT2D eigenvalue weighted by molar-refractivity contribution is 5.99. The van der Waals surface area contributed by atoms with E-state index < -0.39 is 22.5 Å². The van der Waals surface area contributed by atoms with Crippen LogP contribution in [0, 0.1) is 10.1 Å². The quantitative estimate of drug-likeness (QED) is 0.391. The highest BCUT2D eigenvalue weighted by Crippen LogP contribution is 2.33. The van der Waals surface area contributed by atoms with Gasteiger partial charge in [-0.15, -0.1) is 0 Å². The van der Waals surface area contributed by atoms with Crippen LogP contribution in [-0.2, 0) is 4.79 Å². The summed E-state index contributed by atoms with van der Waals surface area (Å²) >= 11 is 0. The van der Waals surface area contributed by atoms with E-state index in [0.29, 0.717) is 0 Å². The van der Waals surface area contributed by atoms with Gasteiger partial charge in [-0.2, -0.15) is 0 Å². The number of hydrogen-bond acceptors (Lipinski definition) is 6. The summed E-state index contributed by atoms with van der Waals surface area (Å²) in [4.78, 5) is 34.1. The summed E-state index contributed by atoms with van der Waals surface area (Å²) in [7, 11) is 1.30. The first-order valence-electron chi connectivity index (χ1n) is 6.83. The van der Waals surface area contributed by atoms with Gasteiger partial charge in [-0.1, -0.05) is 18.2 Å². The van der Waals surface area contributed by atoms with E-state index in [2.05, 4.69) is 5.32 Å². The number of para-hydroxylation sites is 1. The third-order valence-corrected chi connectivity index (χ3v) is 3.00. The molecule has 0 aliphatic carbocycles. The second kappa shape index (κ2) is 7.23. The number of nitro benzene ring substituents is 1. The molecule has 0 radical (unpaired) electrons. The van der Waals surface area contributed by atoms with E-state index in [-0.39, 0.29) is 22.7 Å². The average Bonchev–Trinajstić information content (AvgIpc) is 2.54. The molecule has 0 spiro atoms. The first kappa shape index (κ1) is 16.9. The van der Waals surface area contributed by atoms with Crippen molar-refractivity contribution in [2.24, 2.45) is 0 Å². The Hall–Kier alpha value is -3.42. The van der Waals surface area contributed by atoms with Crippen LogP contribution in [0.4, 0.5) is 11.4 Å². The molecule has 8 heteroatoms. The summed E-state index contributed by atoms with van der Waals surface area (Å²) in [6.07, 6.45) is 0. The lowest BCUT2D eigenvalue weighted by atomic mass is 10.1. The molecule has 124 valence electrons. The van der Waals surface area contributed by atoms with E-state index in [1.807, 2.05) is 0 Å². The number of hydrogen-bond donors (Lipinski definition) is 1. The minimum atomic E-state index is -0.915. The Morgan fingerprint density at radius 3 is 2.38 bits per heavy atom. The van der Waals surface area contributed by atoms with Gasteiger partial charge in [-0.05, 0) is 18.2 Å². The van der Waals surface area contributed by atoms with Crippen LogP contribution in [0.1, 0.15) is 17.3 Å². The number of nitrogens with one attached hydrogen (secondary N) is 1. The molecule has 0 heterocycles. The molecular formula is C16H14N2O6. The number of benzene rings is 2. The predicted molar refractivity (Wildman–Crippen MR) is 85.4 cm³/mol. The highest BCUT2D eigenvalue weighted by atomic mass is 16.6. The minimum absolute atomic E-state index is 0.0631. The monoisotopic (exact) mass is 330 g/mol. The number of esters is 1. The van der Waals surface area contributed by atoms with Crippen LogP contribution in [0.5, 0.6) is 11.5 Å². The summed E-state index contributed by atoms with van der Waals surface area (Å²) in [5.41, 5.74) is -0.647. The summed E-state index contributed by atoms with van der Waals surface area (Å²) in [5.74, 6) is -1.02. The van der Waals surface area contributed by atoms with Gasteiger partial charge in [0.05, 0.1) is 23.8 Å². The summed E-state index contributed by atoms with van der Waals surface area (Å²) in [6.45, 7) is 1.27. The topological polar surface area (TPSA) is 108 Å². The second-order valence-electron chi connectivity index (χ2n) is 4.71. The molecule has 0 aliphatic rings. The Morgan fingerprint density at radius 2 is 1.83 bits per heavy atom. The molecule has 0 aromatic heterocycles. The maximum absolute atomic E-state index is 12.3. The molecule has 0 saturated carbocycles. The van der Waals surface area contributed by atoms with Crippen LogP contribution in [0.25, 0.3) is 0 Å². The molecular weight excluding hydrogens is 316 g/mol. The molecule has 2 aromatic carbocycles. The first-order valence-corrected chi connectivity index (χ1v) is 6.83. The molecule has 2 rings (SSSR count). The van der Waals surface area contributed by atoms with E-state index in [1.54, 1.807) is 30.3 Å². The van der Waals surface area contributed by atoms with Gasteiger partial charge >= 0.3 is 5.97 Å². The molecule has 8 nitrogen and oxygen atoms in total. The lowest BCUT2D eigenvalue weighted by Crippen LogP contribution is -2.14. The zero-order valence-corrected chi connectivity index (χ0v) is 12.9. The fraction of sp³-hybridized carbons (Fsp3) is 0.125. The number of carbonyl (C=O) groups excluding carboxylic acids is 2. The maximum Gasteiger partial charge on any atom is 0.350 e. The van der Waals surface area contributed by atoms with E-state index in [1.165, 1.54) is 14.0 Å². The lowest BCUT2D eigenvalue weighted by Gasteiger charge is -2.11. The van der Waals surface area contributed by atoms with Crippen LogP contribution in [0.3, 0.4) is 0 Å². The molecule has 0 fully saturated rings. The van der Waals surface area contributed by atoms with E-state index in [4.69, 9.17) is 9.47 Å². The standard InChI is InChI=1S/C16H14N2O6/c1-10(19)17-13-8-12(14(18(21)22)9-15(13)23-2)16(20)24-11-6-4-3-5-7-11/h3-9H,1-2H3,(H,17,19). The van der Waals surface area contributed by atoms with Crippen molar-refractivity contribution in [2.45, 2.75) is 6.92 Å². The van der Waals surface area contributed by atoms with Crippen molar-refractivity contribution in [3.8, 4) is 11.5 Å². The molecule has 0 unspecified atom stereocenters. The van der Waals surface area contributed by atoms with Crippen LogP contribution < -0.4 is 14.8 Å². The number of amides is 1. The van der Waals surface area contributed by atoms with Gasteiger partial charge in [-0.3, -0.25) is 14.9 Å². The fourth-order valence-corrected chi connectivity index (χ4v) is 1.99. The Labute approximate surface area is 137 Å². The number of methoxy groups -OCH3 is 1. The van der Waals surface area contributed by atoms with Crippen LogP contribution >= 0.6 is 0 Å². The zero-order valence-electron chi connectivity index (χ0n) is 12.9. The largest absolute Gasteiger partial charge is 0.494 e. The lowest BCUT2D eigenvalue weighted by molar-refractivity contribution is -0.385. The molecule has 0 atom stereocenters. The van der Waals surface area contributed by atoms with Crippen molar-refractivity contribution < 1.29 is 24.0 Å². The van der Waals surface area contributed by atoms with Gasteiger partial charge < -0.3 is 14.8 Å². The SMILES string of the molecule is COc1cc([N+](=O)[O-])c(C(=O)Oc2ccccc2)cc1NC(C)=O. The van der Waals surface area contributed by atoms with Gasteiger partial charge in [0, 0.05) is 6.92 Å². The molecule has 0 bridgehead atoms. The Morgan fingerprint density at radius 1 is 1.17 bits per heavy atom. The third kappa shape index (κ3) is 3.86. The van der Waals surface area contributed by atoms with Gasteiger partial charge in [0.2, 0.25) is 5.91 Å². The first-order chi connectivity index (χ1) is 11.4. The zero-order chi connectivity index (χ0) is 17.7.